The van der Waals surface area contributed by atoms with Crippen LogP contribution in [0.3, 0.4) is 0 Å². The Morgan fingerprint density at radius 2 is 0.838 bits per heavy atom. The molecule has 0 atom stereocenters. The number of phenolic OH excluding ortho intramolecular Hbond substituents is 1. The summed E-state index contributed by atoms with van der Waals surface area (Å²) < 4.78 is 45.1. The Balaban J connectivity index is 0.000000176. The molecule has 0 radical (unpaired) electrons. The number of nitro benzene ring substituents is 2. The fourth-order valence-electron chi connectivity index (χ4n) is 12.7. The quantitative estimate of drug-likeness (QED) is 0.0129. The number of pyridine rings is 5. The summed E-state index contributed by atoms with van der Waals surface area (Å²) in [4.78, 5) is 113. The van der Waals surface area contributed by atoms with Crippen molar-refractivity contribution < 1.29 is 76.5 Å². The van der Waals surface area contributed by atoms with E-state index in [1.807, 2.05) is 131 Å². The Bertz CT molecular complexity index is 7570. The summed E-state index contributed by atoms with van der Waals surface area (Å²) in [5, 5.41) is 68.9. The van der Waals surface area contributed by atoms with Gasteiger partial charge in [0.25, 0.3) is 17.3 Å². The number of carbonyl (C=O) groups excluding carboxylic acids is 6. The maximum Gasteiger partial charge on any atom is 0.413 e. The second kappa shape index (κ2) is 51.0. The number of nitrogens with zero attached hydrogens (tertiary/aromatic N) is 13. The van der Waals surface area contributed by atoms with E-state index in [1.165, 1.54) is 24.3 Å². The number of halogens is 11. The first-order chi connectivity index (χ1) is 67.7. The average Bonchev–Trinajstić information content (AvgIpc) is 0.788. The lowest BCUT2D eigenvalue weighted by Gasteiger charge is -2.22. The van der Waals surface area contributed by atoms with Crippen LogP contribution in [0.25, 0.3) is 54.5 Å². The van der Waals surface area contributed by atoms with Crippen LogP contribution in [0, 0.1) is 94.7 Å². The number of ether oxygens (including phenoxy) is 6. The van der Waals surface area contributed by atoms with Crippen molar-refractivity contribution in [3.63, 3.8) is 0 Å². The van der Waals surface area contributed by atoms with E-state index >= 15 is 0 Å². The summed E-state index contributed by atoms with van der Waals surface area (Å²) in [6, 6.07) is 55.2. The number of hydrogen-bond acceptors (Lipinski definition) is 28. The summed E-state index contributed by atoms with van der Waals surface area (Å²) in [6.07, 6.45) is 6.63. The highest BCUT2D eigenvalue weighted by atomic mass is 35.5. The molecule has 3 amide bonds. The number of anilines is 2. The van der Waals surface area contributed by atoms with Gasteiger partial charge in [-0.25, -0.2) is 9.18 Å². The van der Waals surface area contributed by atoms with Crippen molar-refractivity contribution in [2.75, 3.05) is 24.0 Å². The number of nitro groups is 2. The van der Waals surface area contributed by atoms with Crippen molar-refractivity contribution in [2.24, 2.45) is 10.1 Å². The highest BCUT2D eigenvalue weighted by Gasteiger charge is 2.31. The third kappa shape index (κ3) is 29.7. The minimum atomic E-state index is -0.844. The highest BCUT2D eigenvalue weighted by Crippen LogP contribution is 2.45. The molecule has 16 rings (SSSR count). The molecule has 722 valence electrons. The SMILES string of the molecule is CCOC(=O)CC(=O)C(C#N)=NCc1cc(Cl)c(Oc2ccc3nccc(C)c3c2)c(Cl)c1.CCOC(=O)NC(=O)CC#N.Cc1ccnc2ccc(O)cc12.Cc1ccnc2ccc(Oc3c(Cl)cc(N)cc3Cl)cc12.Cc1ccnc2ccc(Oc3c(Cl)cc(N4N=C(C#N)C(=O)CC4=O)cc3Cl)cc12.Cc1ccnc2ccc(Oc3c(Cl)cc([N+](=O)[O-])cc3Cl)cc12.O=[N+]([O-])c1cc(Cl)c(F)c(Cl)c1. The third-order valence-electron chi connectivity index (χ3n) is 19.5. The number of nitriles is 3. The highest BCUT2D eigenvalue weighted by molar-refractivity contribution is 6.50. The van der Waals surface area contributed by atoms with E-state index in [0.717, 1.165) is 99.5 Å². The summed E-state index contributed by atoms with van der Waals surface area (Å²) in [5.74, 6) is -0.565. The van der Waals surface area contributed by atoms with Gasteiger partial charge in [0.05, 0.1) is 126 Å². The van der Waals surface area contributed by atoms with Crippen molar-refractivity contribution in [1.82, 2.24) is 30.2 Å². The van der Waals surface area contributed by atoms with Gasteiger partial charge in [0, 0.05) is 87.9 Å². The molecular formula is C99H72Cl10FN15O17. The summed E-state index contributed by atoms with van der Waals surface area (Å²) >= 11 is 60.5. The Labute approximate surface area is 857 Å². The fraction of sp³-hybridized carbons (Fsp3) is 0.131. The average molecular weight is 2120 g/mol. The lowest BCUT2D eigenvalue weighted by atomic mass is 10.1. The first kappa shape index (κ1) is 109. The predicted octanol–water partition coefficient (Wildman–Crippen LogP) is 26.7. The smallest absolute Gasteiger partial charge is 0.413 e. The molecule has 10 aromatic carbocycles. The summed E-state index contributed by atoms with van der Waals surface area (Å²) in [6.45, 7) is 13.5. The molecule has 1 aliphatic heterocycles. The molecule has 0 aliphatic carbocycles. The normalized spacial score (nSPS) is 11.2. The van der Waals surface area contributed by atoms with Crippen LogP contribution in [0.2, 0.25) is 50.2 Å². The number of rotatable bonds is 19. The van der Waals surface area contributed by atoms with Crippen molar-refractivity contribution in [3.05, 3.63) is 323 Å². The number of hydrazone groups is 1. The van der Waals surface area contributed by atoms with Gasteiger partial charge in [0.15, 0.2) is 34.5 Å². The van der Waals surface area contributed by atoms with Gasteiger partial charge in [0.1, 0.15) is 53.7 Å². The van der Waals surface area contributed by atoms with E-state index in [4.69, 9.17) is 156 Å². The van der Waals surface area contributed by atoms with Gasteiger partial charge in [-0.2, -0.15) is 25.9 Å². The van der Waals surface area contributed by atoms with E-state index in [0.29, 0.717) is 55.8 Å². The van der Waals surface area contributed by atoms with Crippen molar-refractivity contribution in [3.8, 4) is 70.0 Å². The van der Waals surface area contributed by atoms with Gasteiger partial charge in [0.2, 0.25) is 23.2 Å². The number of hydrogen-bond donors (Lipinski definition) is 3. The standard InChI is InChI=1S/C24H19Cl2N3O4.C21H12Cl2N4O3.C16H10Cl2N2O3.C16H12Cl2N2O.C10H9NO.C6H2Cl2FNO2.C6H8N2O3/c1-3-32-23(31)11-22(30)21(12-27)29-13-15-8-18(25)24(19(26)9-15)33-16-4-5-20-17(10-16)14(2)6-7-28-20;1-11-4-5-25-17-3-2-13(8-14(11)17)30-21-15(22)6-12(7-16(21)23)27-20(29)9-19(28)18(10-24)26-27;1-9-4-5-19-15-3-2-11(8-12(9)15)23-16-13(17)6-10(20(21)22)7-14(16)18;1-9-4-5-20-15-3-2-11(8-12(9)15)21-16-13(17)6-10(19)7-14(16)18;1-7-4-5-11-10-3-2-8(12)6-9(7)10;7-4-1-3(10(11)12)2-5(8)6(4)9;1-2-11-6(10)8-5(9)3-4-7/h4-10H,3,11,13H2,1-2H3;2-8H,9H2,1H3;2-8H,1H3;2-8H,19H2,1H3;2-6,12H,1H3;1-2H;2-3H2,1H3,(H,8,9,10). The number of alkyl carbamates (subject to hydrolysis) is 1. The molecule has 142 heavy (non-hydrogen) atoms. The first-order valence-corrected chi connectivity index (χ1v) is 45.1. The number of nitrogens with two attached hydrogens (primary N) is 1. The molecular weight excluding hydrogens is 2040 g/mol. The van der Waals surface area contributed by atoms with Crippen LogP contribution in [0.4, 0.5) is 31.9 Å². The second-order valence-corrected chi connectivity index (χ2v) is 33.6. The molecule has 32 nitrogen and oxygen atoms in total. The lowest BCUT2D eigenvalue weighted by Crippen LogP contribution is -2.36. The molecule has 5 aromatic heterocycles. The largest absolute Gasteiger partial charge is 0.508 e. The Morgan fingerprint density at radius 1 is 0.493 bits per heavy atom. The molecule has 0 bridgehead atoms. The Kier molecular flexibility index (Phi) is 39.1. The van der Waals surface area contributed by atoms with Gasteiger partial charge in [-0.15, -0.1) is 0 Å². The number of amides is 3. The van der Waals surface area contributed by atoms with E-state index in [9.17, 15) is 63.8 Å². The molecule has 1 aliphatic rings. The molecule has 43 heteroatoms. The maximum absolute atomic E-state index is 12.7. The second-order valence-electron chi connectivity index (χ2n) is 29.5. The van der Waals surface area contributed by atoms with Gasteiger partial charge >= 0.3 is 12.1 Å². The monoisotopic (exact) mass is 2110 g/mol. The zero-order valence-electron chi connectivity index (χ0n) is 75.0. The van der Waals surface area contributed by atoms with Gasteiger partial charge in [-0.1, -0.05) is 116 Å². The molecule has 0 saturated heterocycles. The molecule has 6 heterocycles. The number of carbonyl (C=O) groups is 6. The van der Waals surface area contributed by atoms with Crippen LogP contribution in [0.5, 0.6) is 51.7 Å². The molecule has 0 fully saturated rings. The Hall–Kier alpha value is -15.3. The zero-order chi connectivity index (χ0) is 103. The number of phenols is 1. The number of aromatic nitrogens is 5. The molecule has 15 aromatic rings. The van der Waals surface area contributed by atoms with Gasteiger partial charge in [-0.3, -0.25) is 79.4 Å². The third-order valence-corrected chi connectivity index (χ3v) is 22.3. The minimum Gasteiger partial charge on any atom is -0.508 e. The van der Waals surface area contributed by atoms with Crippen molar-refractivity contribution in [2.45, 2.75) is 74.3 Å². The number of nitrogen functional groups attached to an aromatic ring is 1. The van der Waals surface area contributed by atoms with Crippen molar-refractivity contribution in [1.29, 1.82) is 15.8 Å². The number of Topliss-reactive ketones (excluding diaryl/α,β-unsaturated/α-hetero) is 2. The minimum absolute atomic E-state index is 0.0297. The maximum atomic E-state index is 12.7. The topological polar surface area (TPSA) is 466 Å². The lowest BCUT2D eigenvalue weighted by molar-refractivity contribution is -0.385. The molecule has 0 spiro atoms. The van der Waals surface area contributed by atoms with Crippen LogP contribution >= 0.6 is 116 Å². The number of imide groups is 1. The number of aliphatic imine (C=N–C) groups is 1. The number of aryl methyl sites for hydroxylation is 5. The molecule has 0 saturated carbocycles. The van der Waals surface area contributed by atoms with Gasteiger partial charge in [-0.05, 0) is 240 Å². The Morgan fingerprint density at radius 3 is 1.19 bits per heavy atom. The molecule has 4 N–H and O–H groups in total. The van der Waals surface area contributed by atoms with Crippen LogP contribution in [0.1, 0.15) is 66.5 Å². The number of non-ortho nitro benzene ring substituents is 2. The molecule has 0 unspecified atom stereocenters. The first-order valence-electron chi connectivity index (χ1n) is 41.3. The number of ketones is 2. The van der Waals surface area contributed by atoms with Crippen LogP contribution < -0.4 is 35.0 Å². The van der Waals surface area contributed by atoms with E-state index < -0.39 is 63.9 Å². The van der Waals surface area contributed by atoms with E-state index in [1.54, 1.807) is 118 Å². The summed E-state index contributed by atoms with van der Waals surface area (Å²) in [7, 11) is 0. The van der Waals surface area contributed by atoms with E-state index in [2.05, 4.69) is 39.8 Å². The van der Waals surface area contributed by atoms with Crippen molar-refractivity contribution >= 4 is 240 Å². The zero-order valence-corrected chi connectivity index (χ0v) is 82.5. The number of esters is 1. The van der Waals surface area contributed by atoms with Crippen LogP contribution in [-0.4, -0.2) is 100.0 Å². The fourth-order valence-corrected chi connectivity index (χ4v) is 15.4. The van der Waals surface area contributed by atoms with Gasteiger partial charge < -0.3 is 39.3 Å². The van der Waals surface area contributed by atoms with Crippen LogP contribution in [0.15, 0.2) is 223 Å². The number of nitrogens with one attached hydrogen (secondary N) is 1. The van der Waals surface area contributed by atoms with E-state index in [-0.39, 0.29) is 112 Å². The van der Waals surface area contributed by atoms with Crippen LogP contribution in [-0.2, 0) is 40.0 Å². The number of aromatic hydroxyl groups is 1. The number of benzene rings is 10. The summed E-state index contributed by atoms with van der Waals surface area (Å²) in [5.41, 5.74) is 15.5. The predicted molar refractivity (Wildman–Crippen MR) is 543 cm³/mol. The number of fused-ring (bicyclic) bond motifs is 5.